The third kappa shape index (κ3) is 3.83. The zero-order chi connectivity index (χ0) is 16.2. The number of nitriles is 1. The first-order valence-corrected chi connectivity index (χ1v) is 7.59. The Morgan fingerprint density at radius 2 is 2.09 bits per heavy atom. The molecular formula is C15H14BrFN2O3. The third-order valence-corrected chi connectivity index (χ3v) is 4.22. The number of nitrogens with one attached hydrogen (secondary N) is 1. The van der Waals surface area contributed by atoms with Crippen molar-refractivity contribution in [1.29, 1.82) is 5.26 Å². The molecule has 5 nitrogen and oxygen atoms in total. The molecule has 0 aromatic heterocycles. The molecule has 1 aliphatic carbocycles. The molecule has 0 unspecified atom stereocenters. The van der Waals surface area contributed by atoms with E-state index in [9.17, 15) is 14.0 Å². The molecule has 1 aromatic rings. The van der Waals surface area contributed by atoms with E-state index in [0.29, 0.717) is 17.3 Å². The molecule has 7 heteroatoms. The van der Waals surface area contributed by atoms with E-state index in [1.165, 1.54) is 12.1 Å². The molecule has 116 valence electrons. The third-order valence-electron chi connectivity index (χ3n) is 3.53. The van der Waals surface area contributed by atoms with Crippen LogP contribution in [0.2, 0.25) is 0 Å². The summed E-state index contributed by atoms with van der Waals surface area (Å²) in [6.45, 7) is -0.509. The van der Waals surface area contributed by atoms with E-state index >= 15 is 0 Å². The Balaban J connectivity index is 1.92. The van der Waals surface area contributed by atoms with Gasteiger partial charge in [0.15, 0.2) is 6.61 Å². The van der Waals surface area contributed by atoms with Gasteiger partial charge < -0.3 is 10.1 Å². The fourth-order valence-corrected chi connectivity index (χ4v) is 2.82. The lowest BCUT2D eigenvalue weighted by Crippen LogP contribution is -2.46. The van der Waals surface area contributed by atoms with Gasteiger partial charge in [0.05, 0.1) is 11.6 Å². The van der Waals surface area contributed by atoms with E-state index in [-0.39, 0.29) is 5.56 Å². The summed E-state index contributed by atoms with van der Waals surface area (Å²) in [5.41, 5.74) is -0.855. The number of benzene rings is 1. The number of hydrogen-bond donors (Lipinski definition) is 1. The average molecular weight is 369 g/mol. The maximum Gasteiger partial charge on any atom is 0.339 e. The standard InChI is InChI=1S/C15H14BrFN2O3/c16-12-4-3-10(17)7-11(12)14(21)22-8-13(20)19-15(9-18)5-1-2-6-15/h3-4,7H,1-2,5-6,8H2,(H,19,20). The van der Waals surface area contributed by atoms with Crippen LogP contribution in [-0.2, 0) is 9.53 Å². The smallest absolute Gasteiger partial charge is 0.339 e. The van der Waals surface area contributed by atoms with E-state index < -0.39 is 29.8 Å². The Bertz CT molecular complexity index is 636. The van der Waals surface area contributed by atoms with Crippen LogP contribution in [0.15, 0.2) is 22.7 Å². The van der Waals surface area contributed by atoms with Gasteiger partial charge in [-0.1, -0.05) is 0 Å². The predicted molar refractivity (Wildman–Crippen MR) is 79.3 cm³/mol. The van der Waals surface area contributed by atoms with Crippen LogP contribution >= 0.6 is 15.9 Å². The maximum atomic E-state index is 13.1. The summed E-state index contributed by atoms with van der Waals surface area (Å²) in [5.74, 6) is -1.92. The van der Waals surface area contributed by atoms with Crippen molar-refractivity contribution in [2.45, 2.75) is 31.2 Å². The van der Waals surface area contributed by atoms with Crippen molar-refractivity contribution in [3.8, 4) is 6.07 Å². The number of amides is 1. The minimum Gasteiger partial charge on any atom is -0.452 e. The molecule has 0 radical (unpaired) electrons. The van der Waals surface area contributed by atoms with Gasteiger partial charge in [0.25, 0.3) is 5.91 Å². The second-order valence-electron chi connectivity index (χ2n) is 5.15. The van der Waals surface area contributed by atoms with Gasteiger partial charge in [-0.15, -0.1) is 0 Å². The molecule has 0 bridgehead atoms. The van der Waals surface area contributed by atoms with Crippen LogP contribution in [0.4, 0.5) is 4.39 Å². The monoisotopic (exact) mass is 368 g/mol. The normalized spacial score (nSPS) is 15.9. The Kier molecular flexibility index (Phi) is 5.14. The van der Waals surface area contributed by atoms with Crippen LogP contribution in [0.3, 0.4) is 0 Å². The number of halogens is 2. The number of esters is 1. The van der Waals surface area contributed by atoms with Gasteiger partial charge in [0.2, 0.25) is 0 Å². The van der Waals surface area contributed by atoms with Crippen molar-refractivity contribution in [2.75, 3.05) is 6.61 Å². The lowest BCUT2D eigenvalue weighted by atomic mass is 10.00. The van der Waals surface area contributed by atoms with Crippen LogP contribution < -0.4 is 5.32 Å². The minimum absolute atomic E-state index is 0.00339. The van der Waals surface area contributed by atoms with Crippen molar-refractivity contribution < 1.29 is 18.7 Å². The summed E-state index contributed by atoms with van der Waals surface area (Å²) in [7, 11) is 0. The van der Waals surface area contributed by atoms with E-state index in [1.807, 2.05) is 0 Å². The molecule has 0 spiro atoms. The van der Waals surface area contributed by atoms with Crippen LogP contribution in [0.5, 0.6) is 0 Å². The highest BCUT2D eigenvalue weighted by Gasteiger charge is 2.35. The predicted octanol–water partition coefficient (Wildman–Crippen LogP) is 2.70. The zero-order valence-corrected chi connectivity index (χ0v) is 13.3. The van der Waals surface area contributed by atoms with Gasteiger partial charge in [0, 0.05) is 4.47 Å². The number of rotatable bonds is 4. The van der Waals surface area contributed by atoms with Crippen LogP contribution in [0.1, 0.15) is 36.0 Å². The molecule has 1 aliphatic rings. The fourth-order valence-electron chi connectivity index (χ4n) is 2.41. The Morgan fingerprint density at radius 1 is 1.41 bits per heavy atom. The first kappa shape index (κ1) is 16.4. The van der Waals surface area contributed by atoms with Crippen molar-refractivity contribution >= 4 is 27.8 Å². The molecule has 1 aromatic carbocycles. The second kappa shape index (κ2) is 6.88. The topological polar surface area (TPSA) is 79.2 Å². The molecule has 1 fully saturated rings. The molecule has 1 saturated carbocycles. The number of nitrogens with zero attached hydrogens (tertiary/aromatic N) is 1. The quantitative estimate of drug-likeness (QED) is 0.828. The first-order chi connectivity index (χ1) is 10.5. The van der Waals surface area contributed by atoms with E-state index in [4.69, 9.17) is 10.00 Å². The van der Waals surface area contributed by atoms with Crippen LogP contribution in [0, 0.1) is 17.1 Å². The van der Waals surface area contributed by atoms with Gasteiger partial charge in [0.1, 0.15) is 11.4 Å². The van der Waals surface area contributed by atoms with Gasteiger partial charge in [-0.25, -0.2) is 9.18 Å². The minimum atomic E-state index is -0.858. The Morgan fingerprint density at radius 3 is 2.73 bits per heavy atom. The summed E-state index contributed by atoms with van der Waals surface area (Å²) >= 11 is 3.12. The SMILES string of the molecule is N#CC1(NC(=O)COC(=O)c2cc(F)ccc2Br)CCCC1. The zero-order valence-electron chi connectivity index (χ0n) is 11.7. The second-order valence-corrected chi connectivity index (χ2v) is 6.00. The highest BCUT2D eigenvalue weighted by molar-refractivity contribution is 9.10. The number of carbonyl (C=O) groups excluding carboxylic acids is 2. The van der Waals surface area contributed by atoms with Crippen LogP contribution in [0.25, 0.3) is 0 Å². The van der Waals surface area contributed by atoms with Crippen molar-refractivity contribution in [2.24, 2.45) is 0 Å². The van der Waals surface area contributed by atoms with E-state index in [0.717, 1.165) is 18.9 Å². The lowest BCUT2D eigenvalue weighted by Gasteiger charge is -2.21. The molecule has 2 rings (SSSR count). The molecular weight excluding hydrogens is 355 g/mol. The number of ether oxygens (including phenoxy) is 1. The van der Waals surface area contributed by atoms with E-state index in [2.05, 4.69) is 27.3 Å². The van der Waals surface area contributed by atoms with Gasteiger partial charge in [-0.3, -0.25) is 4.79 Å². The van der Waals surface area contributed by atoms with Gasteiger partial charge in [-0.2, -0.15) is 5.26 Å². The fraction of sp³-hybridized carbons (Fsp3) is 0.400. The molecule has 1 amide bonds. The summed E-state index contributed by atoms with van der Waals surface area (Å²) in [6.07, 6.45) is 2.95. The largest absolute Gasteiger partial charge is 0.452 e. The molecule has 0 saturated heterocycles. The Labute approximate surface area is 135 Å². The number of hydrogen-bond acceptors (Lipinski definition) is 4. The highest BCUT2D eigenvalue weighted by atomic mass is 79.9. The molecule has 0 aliphatic heterocycles. The number of carbonyl (C=O) groups is 2. The first-order valence-electron chi connectivity index (χ1n) is 6.80. The summed E-state index contributed by atoms with van der Waals surface area (Å²) < 4.78 is 18.4. The Hall–Kier alpha value is -1.94. The summed E-state index contributed by atoms with van der Waals surface area (Å²) in [4.78, 5) is 23.7. The van der Waals surface area contributed by atoms with E-state index in [1.54, 1.807) is 0 Å². The summed E-state index contributed by atoms with van der Waals surface area (Å²) in [5, 5.41) is 11.8. The highest BCUT2D eigenvalue weighted by Crippen LogP contribution is 2.28. The maximum absolute atomic E-state index is 13.1. The van der Waals surface area contributed by atoms with Gasteiger partial charge >= 0.3 is 5.97 Å². The summed E-state index contributed by atoms with van der Waals surface area (Å²) in [6, 6.07) is 5.72. The molecule has 22 heavy (non-hydrogen) atoms. The van der Waals surface area contributed by atoms with Crippen molar-refractivity contribution in [3.05, 3.63) is 34.1 Å². The van der Waals surface area contributed by atoms with Crippen LogP contribution in [-0.4, -0.2) is 24.0 Å². The molecule has 1 N–H and O–H groups in total. The lowest BCUT2D eigenvalue weighted by molar-refractivity contribution is -0.125. The van der Waals surface area contributed by atoms with Crippen molar-refractivity contribution in [1.82, 2.24) is 5.32 Å². The van der Waals surface area contributed by atoms with Gasteiger partial charge in [-0.05, 0) is 59.8 Å². The van der Waals surface area contributed by atoms with Crippen molar-refractivity contribution in [3.63, 3.8) is 0 Å². The molecule has 0 atom stereocenters. The molecule has 0 heterocycles. The average Bonchev–Trinajstić information content (AvgIpc) is 2.96.